The second kappa shape index (κ2) is 6.91. The minimum absolute atomic E-state index is 0.177. The molecule has 0 atom stereocenters. The van der Waals surface area contributed by atoms with Gasteiger partial charge in [0.15, 0.2) is 0 Å². The summed E-state index contributed by atoms with van der Waals surface area (Å²) in [5.74, 6) is 0.730. The van der Waals surface area contributed by atoms with Gasteiger partial charge in [0.25, 0.3) is 0 Å². The van der Waals surface area contributed by atoms with E-state index >= 15 is 0 Å². The lowest BCUT2D eigenvalue weighted by Gasteiger charge is -2.26. The fourth-order valence-electron chi connectivity index (χ4n) is 3.08. The monoisotopic (exact) mass is 393 g/mol. The van der Waals surface area contributed by atoms with Crippen molar-refractivity contribution in [1.29, 1.82) is 0 Å². The van der Waals surface area contributed by atoms with Gasteiger partial charge >= 0.3 is 0 Å². The number of aryl methyl sites for hydroxylation is 1. The van der Waals surface area contributed by atoms with Gasteiger partial charge in [-0.3, -0.25) is 4.68 Å². The molecule has 10 nitrogen and oxygen atoms in total. The topological polar surface area (TPSA) is 116 Å². The molecule has 3 aromatic heterocycles. The molecule has 3 aromatic rings. The summed E-state index contributed by atoms with van der Waals surface area (Å²) in [6.07, 6.45) is 3.04. The summed E-state index contributed by atoms with van der Waals surface area (Å²) in [6, 6.07) is 1.73. The molecule has 4 rings (SSSR count). The molecule has 144 valence electrons. The molecule has 0 radical (unpaired) electrons. The van der Waals surface area contributed by atoms with E-state index in [1.165, 1.54) is 16.8 Å². The van der Waals surface area contributed by atoms with E-state index in [2.05, 4.69) is 15.2 Å². The van der Waals surface area contributed by atoms with Crippen molar-refractivity contribution in [2.75, 3.05) is 26.3 Å². The van der Waals surface area contributed by atoms with Gasteiger partial charge in [0.1, 0.15) is 17.7 Å². The minimum Gasteiger partial charge on any atom is -0.472 e. The zero-order valence-corrected chi connectivity index (χ0v) is 15.8. The van der Waals surface area contributed by atoms with Crippen LogP contribution in [0.3, 0.4) is 0 Å². The molecular formula is C16H19N5O5S. The van der Waals surface area contributed by atoms with Crippen molar-refractivity contribution in [3.8, 4) is 11.4 Å². The largest absolute Gasteiger partial charge is 0.472 e. The van der Waals surface area contributed by atoms with Gasteiger partial charge < -0.3 is 13.7 Å². The van der Waals surface area contributed by atoms with E-state index < -0.39 is 10.0 Å². The van der Waals surface area contributed by atoms with Crippen LogP contribution in [0.5, 0.6) is 0 Å². The highest BCUT2D eigenvalue weighted by Gasteiger charge is 2.32. The lowest BCUT2D eigenvalue weighted by atomic mass is 10.3. The lowest BCUT2D eigenvalue weighted by Crippen LogP contribution is -2.41. The zero-order chi connectivity index (χ0) is 19.0. The first-order chi connectivity index (χ1) is 13.0. The number of hydrogen-bond donors (Lipinski definition) is 0. The van der Waals surface area contributed by atoms with Crippen LogP contribution < -0.4 is 0 Å². The van der Waals surface area contributed by atoms with E-state index in [0.29, 0.717) is 55.0 Å². The molecule has 1 aliphatic rings. The Balaban J connectivity index is 1.61. The molecule has 11 heteroatoms. The number of furan rings is 1. The Morgan fingerprint density at radius 2 is 2.00 bits per heavy atom. The molecule has 4 heterocycles. The molecule has 0 unspecified atom stereocenters. The quantitative estimate of drug-likeness (QED) is 0.635. The molecule has 1 aliphatic heterocycles. The molecule has 1 saturated heterocycles. The maximum absolute atomic E-state index is 13.0. The first kappa shape index (κ1) is 17.9. The van der Waals surface area contributed by atoms with Crippen LogP contribution in [0, 0.1) is 13.8 Å². The second-order valence-electron chi connectivity index (χ2n) is 6.20. The van der Waals surface area contributed by atoms with Crippen LogP contribution in [0.1, 0.15) is 17.3 Å². The van der Waals surface area contributed by atoms with Crippen LogP contribution in [0.4, 0.5) is 0 Å². The van der Waals surface area contributed by atoms with Crippen molar-refractivity contribution in [2.45, 2.75) is 25.3 Å². The molecule has 0 N–H and O–H groups in total. The lowest BCUT2D eigenvalue weighted by molar-refractivity contribution is 0.0730. The number of sulfonamides is 1. The van der Waals surface area contributed by atoms with Gasteiger partial charge in [-0.05, 0) is 19.9 Å². The van der Waals surface area contributed by atoms with E-state index in [4.69, 9.17) is 13.7 Å². The van der Waals surface area contributed by atoms with Crippen molar-refractivity contribution in [2.24, 2.45) is 0 Å². The molecule has 0 saturated carbocycles. The van der Waals surface area contributed by atoms with Crippen molar-refractivity contribution >= 4 is 10.0 Å². The SMILES string of the molecule is Cc1nn(Cc2nc(-c3ccoc3)no2)c(C)c1S(=O)(=O)N1CCOCC1. The Kier molecular flexibility index (Phi) is 4.58. The number of aromatic nitrogens is 4. The van der Waals surface area contributed by atoms with Crippen LogP contribution >= 0.6 is 0 Å². The highest BCUT2D eigenvalue weighted by Crippen LogP contribution is 2.25. The van der Waals surface area contributed by atoms with E-state index in [1.807, 2.05) is 0 Å². The fourth-order valence-corrected chi connectivity index (χ4v) is 4.86. The molecule has 0 aliphatic carbocycles. The normalized spacial score (nSPS) is 16.1. The molecule has 0 aromatic carbocycles. The van der Waals surface area contributed by atoms with E-state index in [9.17, 15) is 8.42 Å². The number of nitrogens with zero attached hydrogens (tertiary/aromatic N) is 5. The number of rotatable bonds is 5. The smallest absolute Gasteiger partial charge is 0.248 e. The van der Waals surface area contributed by atoms with Gasteiger partial charge in [0, 0.05) is 13.1 Å². The third-order valence-corrected chi connectivity index (χ3v) is 6.57. The van der Waals surface area contributed by atoms with E-state index in [1.54, 1.807) is 24.6 Å². The molecule has 0 bridgehead atoms. The number of hydrogen-bond acceptors (Lipinski definition) is 8. The number of morpholine rings is 1. The van der Waals surface area contributed by atoms with Crippen LogP contribution in [0.15, 0.2) is 32.4 Å². The van der Waals surface area contributed by atoms with Crippen LogP contribution in [0.2, 0.25) is 0 Å². The maximum atomic E-state index is 13.0. The zero-order valence-electron chi connectivity index (χ0n) is 15.0. The Bertz CT molecular complexity index is 1030. The third-order valence-electron chi connectivity index (χ3n) is 4.42. The van der Waals surface area contributed by atoms with Crippen molar-refractivity contribution < 1.29 is 22.1 Å². The van der Waals surface area contributed by atoms with Crippen LogP contribution in [-0.2, 0) is 21.3 Å². The number of ether oxygens (including phenoxy) is 1. The highest BCUT2D eigenvalue weighted by atomic mass is 32.2. The fraction of sp³-hybridized carbons (Fsp3) is 0.438. The predicted octanol–water partition coefficient (Wildman–Crippen LogP) is 1.21. The summed E-state index contributed by atoms with van der Waals surface area (Å²) < 4.78 is 44.5. The highest BCUT2D eigenvalue weighted by molar-refractivity contribution is 7.89. The van der Waals surface area contributed by atoms with Gasteiger partial charge in [-0.15, -0.1) is 0 Å². The van der Waals surface area contributed by atoms with Gasteiger partial charge in [-0.25, -0.2) is 8.42 Å². The minimum atomic E-state index is -3.63. The summed E-state index contributed by atoms with van der Waals surface area (Å²) in [6.45, 7) is 5.04. The van der Waals surface area contributed by atoms with Gasteiger partial charge in [-0.1, -0.05) is 5.16 Å². The summed E-state index contributed by atoms with van der Waals surface area (Å²) in [7, 11) is -3.63. The Labute approximate surface area is 155 Å². The Hall–Kier alpha value is -2.50. The third kappa shape index (κ3) is 3.29. The first-order valence-corrected chi connectivity index (χ1v) is 9.88. The standard InChI is InChI=1S/C16H19N5O5S/c1-11-15(27(22,23)20-4-7-24-8-5-20)12(2)21(18-11)9-14-17-16(19-26-14)13-3-6-25-10-13/h3,6,10H,4-5,7-9H2,1-2H3. The molecule has 27 heavy (non-hydrogen) atoms. The van der Waals surface area contributed by atoms with Crippen molar-refractivity contribution in [3.05, 3.63) is 35.9 Å². The van der Waals surface area contributed by atoms with Crippen molar-refractivity contribution in [3.63, 3.8) is 0 Å². The Morgan fingerprint density at radius 1 is 1.22 bits per heavy atom. The molecule has 0 spiro atoms. The van der Waals surface area contributed by atoms with Crippen LogP contribution in [0.25, 0.3) is 11.4 Å². The summed E-state index contributed by atoms with van der Waals surface area (Å²) in [5.41, 5.74) is 1.67. The van der Waals surface area contributed by atoms with Crippen molar-refractivity contribution in [1.82, 2.24) is 24.2 Å². The van der Waals surface area contributed by atoms with E-state index in [0.717, 1.165) is 0 Å². The average molecular weight is 393 g/mol. The summed E-state index contributed by atoms with van der Waals surface area (Å²) in [4.78, 5) is 4.53. The molecular weight excluding hydrogens is 374 g/mol. The van der Waals surface area contributed by atoms with Gasteiger partial charge in [0.05, 0.1) is 36.4 Å². The predicted molar refractivity (Wildman–Crippen MR) is 92.4 cm³/mol. The molecule has 0 amide bonds. The second-order valence-corrected chi connectivity index (χ2v) is 8.07. The van der Waals surface area contributed by atoms with Crippen LogP contribution in [-0.4, -0.2) is 58.9 Å². The summed E-state index contributed by atoms with van der Waals surface area (Å²) in [5, 5.41) is 8.28. The Morgan fingerprint density at radius 3 is 2.70 bits per heavy atom. The first-order valence-electron chi connectivity index (χ1n) is 8.44. The maximum Gasteiger partial charge on any atom is 0.248 e. The average Bonchev–Trinajstić information content (AvgIpc) is 3.37. The molecule has 1 fully saturated rings. The van der Waals surface area contributed by atoms with Gasteiger partial charge in [-0.2, -0.15) is 14.4 Å². The summed E-state index contributed by atoms with van der Waals surface area (Å²) >= 11 is 0. The van der Waals surface area contributed by atoms with Gasteiger partial charge in [0.2, 0.25) is 21.7 Å². The van der Waals surface area contributed by atoms with E-state index in [-0.39, 0.29) is 11.4 Å².